The maximum absolute atomic E-state index is 12.9. The van der Waals surface area contributed by atoms with E-state index in [1.807, 2.05) is 6.07 Å². The van der Waals surface area contributed by atoms with E-state index in [0.717, 1.165) is 0 Å². The van der Waals surface area contributed by atoms with Crippen molar-refractivity contribution in [3.05, 3.63) is 51.5 Å². The quantitative estimate of drug-likeness (QED) is 0.828. The zero-order valence-corrected chi connectivity index (χ0v) is 14.7. The number of carbonyl (C=O) groups excluding carboxylic acids is 2. The Kier molecular flexibility index (Phi) is 4.71. The first kappa shape index (κ1) is 17.6. The third kappa shape index (κ3) is 3.04. The molecule has 0 saturated carbocycles. The minimum atomic E-state index is -0.511. The number of aromatic nitrogens is 3. The lowest BCUT2D eigenvalue weighted by atomic mass is 9.92. The first-order valence-corrected chi connectivity index (χ1v) is 8.37. The Balaban J connectivity index is 1.83. The number of hydrogen-bond acceptors (Lipinski definition) is 5. The van der Waals surface area contributed by atoms with Crippen molar-refractivity contribution in [2.75, 3.05) is 13.1 Å². The molecule has 1 atom stereocenters. The van der Waals surface area contributed by atoms with Gasteiger partial charge in [-0.25, -0.2) is 4.98 Å². The van der Waals surface area contributed by atoms with Crippen LogP contribution in [0.3, 0.4) is 0 Å². The van der Waals surface area contributed by atoms with Crippen molar-refractivity contribution in [3.63, 3.8) is 0 Å². The summed E-state index contributed by atoms with van der Waals surface area (Å²) in [6, 6.07) is 1.83. The van der Waals surface area contributed by atoms with Gasteiger partial charge in [-0.1, -0.05) is 0 Å². The number of aryl methyl sites for hydroxylation is 1. The fourth-order valence-corrected chi connectivity index (χ4v) is 3.31. The van der Waals surface area contributed by atoms with E-state index in [2.05, 4.69) is 9.97 Å². The summed E-state index contributed by atoms with van der Waals surface area (Å²) in [5, 5.41) is 9.11. The number of rotatable bonds is 3. The number of pyridine rings is 1. The molecule has 0 aromatic carbocycles. The fourth-order valence-electron chi connectivity index (χ4n) is 3.31. The van der Waals surface area contributed by atoms with Crippen molar-refractivity contribution in [2.24, 2.45) is 13.0 Å². The molecule has 1 aliphatic rings. The molecule has 0 radical (unpaired) electrons. The van der Waals surface area contributed by atoms with E-state index >= 15 is 0 Å². The number of nitrogens with one attached hydrogen (secondary N) is 1. The summed E-state index contributed by atoms with van der Waals surface area (Å²) in [5.74, 6) is -0.290. The van der Waals surface area contributed by atoms with E-state index in [4.69, 9.17) is 5.26 Å². The van der Waals surface area contributed by atoms with Crippen molar-refractivity contribution in [3.8, 4) is 6.07 Å². The molecule has 0 aliphatic carbocycles. The summed E-state index contributed by atoms with van der Waals surface area (Å²) >= 11 is 0. The van der Waals surface area contributed by atoms with Crippen LogP contribution in [0.2, 0.25) is 0 Å². The summed E-state index contributed by atoms with van der Waals surface area (Å²) < 4.78 is 1.67. The normalized spacial score (nSPS) is 17.0. The topological polar surface area (TPSA) is 112 Å². The molecule has 2 aromatic heterocycles. The number of carbonyl (C=O) groups is 2. The van der Waals surface area contributed by atoms with Gasteiger partial charge in [-0.05, 0) is 25.3 Å². The van der Waals surface area contributed by atoms with Crippen LogP contribution in [0.4, 0.5) is 0 Å². The van der Waals surface area contributed by atoms with Gasteiger partial charge in [0.15, 0.2) is 5.82 Å². The molecule has 3 heterocycles. The van der Waals surface area contributed by atoms with Gasteiger partial charge in [0, 0.05) is 44.6 Å². The predicted octanol–water partition coefficient (Wildman–Crippen LogP) is 1.02. The summed E-state index contributed by atoms with van der Waals surface area (Å²) in [7, 11) is 1.76. The van der Waals surface area contributed by atoms with Crippen LogP contribution in [-0.4, -0.2) is 44.2 Å². The highest BCUT2D eigenvalue weighted by atomic mass is 16.2. The molecule has 26 heavy (non-hydrogen) atoms. The smallest absolute Gasteiger partial charge is 0.266 e. The number of likely N-dealkylation sites (tertiary alicyclic amines) is 1. The van der Waals surface area contributed by atoms with Gasteiger partial charge in [0.25, 0.3) is 11.5 Å². The van der Waals surface area contributed by atoms with Crippen molar-refractivity contribution in [1.82, 2.24) is 19.4 Å². The molecule has 1 N–H and O–H groups in total. The summed E-state index contributed by atoms with van der Waals surface area (Å²) in [6.45, 7) is 2.41. The molecule has 1 amide bonds. The molecule has 2 aromatic rings. The molecule has 0 spiro atoms. The Hall–Kier alpha value is -3.21. The highest BCUT2D eigenvalue weighted by Crippen LogP contribution is 2.22. The predicted molar refractivity (Wildman–Crippen MR) is 92.7 cm³/mol. The molecule has 134 valence electrons. The van der Waals surface area contributed by atoms with Crippen molar-refractivity contribution < 1.29 is 9.59 Å². The molecule has 1 aliphatic heterocycles. The lowest BCUT2D eigenvalue weighted by Crippen LogP contribution is -2.43. The number of imidazole rings is 1. The van der Waals surface area contributed by atoms with Gasteiger partial charge >= 0.3 is 0 Å². The number of nitrogens with zero attached hydrogens (tertiary/aromatic N) is 4. The second-order valence-corrected chi connectivity index (χ2v) is 6.46. The number of aromatic amines is 1. The van der Waals surface area contributed by atoms with E-state index in [1.54, 1.807) is 35.8 Å². The molecule has 1 fully saturated rings. The van der Waals surface area contributed by atoms with Crippen LogP contribution in [0.5, 0.6) is 0 Å². The Bertz CT molecular complexity index is 966. The highest BCUT2D eigenvalue weighted by molar-refractivity contribution is 5.98. The number of ketones is 1. The lowest BCUT2D eigenvalue weighted by molar-refractivity contribution is 0.0632. The van der Waals surface area contributed by atoms with E-state index < -0.39 is 5.56 Å². The molecule has 1 saturated heterocycles. The molecule has 3 rings (SSSR count). The minimum absolute atomic E-state index is 0.0616. The number of Topliss-reactive ketones (excluding diaryl/α,β-unsaturated/α-hetero) is 1. The van der Waals surface area contributed by atoms with Gasteiger partial charge in [0.05, 0.1) is 5.56 Å². The number of nitriles is 1. The van der Waals surface area contributed by atoms with Crippen LogP contribution in [-0.2, 0) is 7.05 Å². The number of H-pyrrole nitrogens is 1. The van der Waals surface area contributed by atoms with Crippen LogP contribution >= 0.6 is 0 Å². The molecule has 8 nitrogen and oxygen atoms in total. The lowest BCUT2D eigenvalue weighted by Gasteiger charge is -2.32. The molecular formula is C18H19N5O3. The fraction of sp³-hybridized carbons (Fsp3) is 0.389. The molecule has 8 heteroatoms. The molecule has 1 unspecified atom stereocenters. The number of hydrogen-bond donors (Lipinski definition) is 1. The van der Waals surface area contributed by atoms with E-state index in [1.165, 1.54) is 6.20 Å². The van der Waals surface area contributed by atoms with Crippen LogP contribution in [0.1, 0.15) is 44.9 Å². The zero-order chi connectivity index (χ0) is 18.8. The third-order valence-electron chi connectivity index (χ3n) is 4.82. The summed E-state index contributed by atoms with van der Waals surface area (Å²) in [5.41, 5.74) is 0.0709. The Morgan fingerprint density at radius 1 is 1.42 bits per heavy atom. The monoisotopic (exact) mass is 353 g/mol. The zero-order valence-electron chi connectivity index (χ0n) is 14.7. The van der Waals surface area contributed by atoms with E-state index in [-0.39, 0.29) is 28.7 Å². The standard InChI is InChI=1S/C18H19N5O3/c1-11-13(8-19)17(25)21-9-14(11)18(26)23-6-3-4-12(10-23)15(24)16-20-5-7-22(16)2/h5,7,9,12H,3-4,6,10H2,1-2H3,(H,21,25). The summed E-state index contributed by atoms with van der Waals surface area (Å²) in [4.78, 5) is 45.4. The highest BCUT2D eigenvalue weighted by Gasteiger charge is 2.32. The van der Waals surface area contributed by atoms with Crippen LogP contribution in [0.15, 0.2) is 23.4 Å². The maximum atomic E-state index is 12.9. The van der Waals surface area contributed by atoms with Crippen molar-refractivity contribution in [2.45, 2.75) is 19.8 Å². The molecule has 0 bridgehead atoms. The van der Waals surface area contributed by atoms with Gasteiger partial charge < -0.3 is 14.5 Å². The number of amides is 1. The Morgan fingerprint density at radius 3 is 2.85 bits per heavy atom. The van der Waals surface area contributed by atoms with Gasteiger partial charge in [-0.2, -0.15) is 5.26 Å². The summed E-state index contributed by atoms with van der Waals surface area (Å²) in [6.07, 6.45) is 6.03. The van der Waals surface area contributed by atoms with Crippen molar-refractivity contribution >= 4 is 11.7 Å². The average molecular weight is 353 g/mol. The van der Waals surface area contributed by atoms with E-state index in [9.17, 15) is 14.4 Å². The van der Waals surface area contributed by atoms with Crippen LogP contribution in [0.25, 0.3) is 0 Å². The first-order chi connectivity index (χ1) is 12.4. The minimum Gasteiger partial charge on any atom is -0.338 e. The number of piperidine rings is 1. The van der Waals surface area contributed by atoms with Gasteiger partial charge in [0.2, 0.25) is 5.78 Å². The van der Waals surface area contributed by atoms with Gasteiger partial charge in [-0.3, -0.25) is 14.4 Å². The van der Waals surface area contributed by atoms with Crippen LogP contribution in [0, 0.1) is 24.2 Å². The Morgan fingerprint density at radius 2 is 2.19 bits per heavy atom. The maximum Gasteiger partial charge on any atom is 0.266 e. The Labute approximate surface area is 150 Å². The SMILES string of the molecule is Cc1c(C(=O)N2CCCC(C(=O)c3nccn3C)C2)c[nH]c(=O)c1C#N. The largest absolute Gasteiger partial charge is 0.338 e. The second-order valence-electron chi connectivity index (χ2n) is 6.46. The average Bonchev–Trinajstić information content (AvgIpc) is 3.07. The first-order valence-electron chi connectivity index (χ1n) is 8.37. The third-order valence-corrected chi connectivity index (χ3v) is 4.82. The molecular weight excluding hydrogens is 334 g/mol. The van der Waals surface area contributed by atoms with Gasteiger partial charge in [-0.15, -0.1) is 0 Å². The van der Waals surface area contributed by atoms with E-state index in [0.29, 0.717) is 37.3 Å². The van der Waals surface area contributed by atoms with Crippen molar-refractivity contribution in [1.29, 1.82) is 5.26 Å². The van der Waals surface area contributed by atoms with Crippen LogP contribution < -0.4 is 5.56 Å². The second kappa shape index (κ2) is 6.96. The van der Waals surface area contributed by atoms with Gasteiger partial charge in [0.1, 0.15) is 11.6 Å².